The van der Waals surface area contributed by atoms with Crippen molar-refractivity contribution in [1.29, 1.82) is 0 Å². The Balaban J connectivity index is 2.49. The Kier molecular flexibility index (Phi) is 4.29. The number of aromatic nitrogens is 2. The lowest BCUT2D eigenvalue weighted by Gasteiger charge is -2.19. The summed E-state index contributed by atoms with van der Waals surface area (Å²) in [6.07, 6.45) is 3.55. The number of imidazole rings is 1. The number of nitrogens with two attached hydrogens (primary N) is 1. The molecule has 0 aliphatic rings. The van der Waals surface area contributed by atoms with Crippen molar-refractivity contribution in [3.05, 3.63) is 36.4 Å². The van der Waals surface area contributed by atoms with Crippen LogP contribution in [0.2, 0.25) is 0 Å². The summed E-state index contributed by atoms with van der Waals surface area (Å²) in [5, 5.41) is 0. The zero-order chi connectivity index (χ0) is 14.7. The van der Waals surface area contributed by atoms with Gasteiger partial charge in [0.1, 0.15) is 11.5 Å². The minimum atomic E-state index is -0.0793. The summed E-state index contributed by atoms with van der Waals surface area (Å²) in [7, 11) is 3.27. The van der Waals surface area contributed by atoms with Gasteiger partial charge in [-0.25, -0.2) is 4.98 Å². The van der Waals surface area contributed by atoms with E-state index in [2.05, 4.69) is 18.8 Å². The quantitative estimate of drug-likeness (QED) is 0.911. The predicted molar refractivity (Wildman–Crippen MR) is 78.4 cm³/mol. The fourth-order valence-electron chi connectivity index (χ4n) is 2.08. The van der Waals surface area contributed by atoms with Gasteiger partial charge in [-0.2, -0.15) is 0 Å². The van der Waals surface area contributed by atoms with E-state index in [9.17, 15) is 0 Å². The van der Waals surface area contributed by atoms with Gasteiger partial charge in [-0.15, -0.1) is 0 Å². The van der Waals surface area contributed by atoms with E-state index in [-0.39, 0.29) is 6.04 Å². The molecule has 0 fully saturated rings. The molecule has 0 aliphatic carbocycles. The van der Waals surface area contributed by atoms with Crippen LogP contribution in [-0.2, 0) is 0 Å². The molecule has 1 unspecified atom stereocenters. The standard InChI is InChI=1S/C15H21N3O2/c1-10(2)15(16)13-8-17-9-18(13)12-6-5-11(19-3)7-14(12)20-4/h5-10,15H,16H2,1-4H3. The molecular weight excluding hydrogens is 254 g/mol. The van der Waals surface area contributed by atoms with Crippen molar-refractivity contribution < 1.29 is 9.47 Å². The number of nitrogens with zero attached hydrogens (tertiary/aromatic N) is 2. The molecule has 1 atom stereocenters. The van der Waals surface area contributed by atoms with Gasteiger partial charge in [0, 0.05) is 12.1 Å². The smallest absolute Gasteiger partial charge is 0.146 e. The van der Waals surface area contributed by atoms with E-state index in [0.29, 0.717) is 5.92 Å². The van der Waals surface area contributed by atoms with E-state index >= 15 is 0 Å². The molecule has 0 radical (unpaired) electrons. The van der Waals surface area contributed by atoms with Gasteiger partial charge in [-0.05, 0) is 18.1 Å². The molecule has 0 amide bonds. The van der Waals surface area contributed by atoms with E-state index < -0.39 is 0 Å². The molecule has 108 valence electrons. The molecule has 2 aromatic rings. The van der Waals surface area contributed by atoms with Crippen LogP contribution in [0.4, 0.5) is 0 Å². The number of hydrogen-bond donors (Lipinski definition) is 1. The summed E-state index contributed by atoms with van der Waals surface area (Å²) < 4.78 is 12.6. The van der Waals surface area contributed by atoms with Gasteiger partial charge in [0.05, 0.1) is 38.1 Å². The van der Waals surface area contributed by atoms with E-state index in [1.54, 1.807) is 26.7 Å². The predicted octanol–water partition coefficient (Wildman–Crippen LogP) is 2.55. The van der Waals surface area contributed by atoms with Crippen molar-refractivity contribution in [2.75, 3.05) is 14.2 Å². The van der Waals surface area contributed by atoms with Gasteiger partial charge in [-0.3, -0.25) is 4.57 Å². The molecule has 20 heavy (non-hydrogen) atoms. The zero-order valence-electron chi connectivity index (χ0n) is 12.3. The van der Waals surface area contributed by atoms with Crippen LogP contribution in [0, 0.1) is 5.92 Å². The van der Waals surface area contributed by atoms with Gasteiger partial charge in [0.15, 0.2) is 0 Å². The second-order valence-corrected chi connectivity index (χ2v) is 5.00. The molecule has 1 heterocycles. The number of methoxy groups -OCH3 is 2. The summed E-state index contributed by atoms with van der Waals surface area (Å²) in [5.41, 5.74) is 8.10. The molecule has 0 bridgehead atoms. The summed E-state index contributed by atoms with van der Waals surface area (Å²) in [4.78, 5) is 4.22. The van der Waals surface area contributed by atoms with Crippen molar-refractivity contribution in [3.8, 4) is 17.2 Å². The van der Waals surface area contributed by atoms with Crippen molar-refractivity contribution in [2.45, 2.75) is 19.9 Å². The van der Waals surface area contributed by atoms with E-state index in [4.69, 9.17) is 15.2 Å². The molecule has 0 saturated heterocycles. The first-order chi connectivity index (χ1) is 9.58. The molecule has 2 N–H and O–H groups in total. The summed E-state index contributed by atoms with van der Waals surface area (Å²) in [6.45, 7) is 4.18. The minimum Gasteiger partial charge on any atom is -0.497 e. The Morgan fingerprint density at radius 1 is 1.20 bits per heavy atom. The normalized spacial score (nSPS) is 12.5. The van der Waals surface area contributed by atoms with Crippen LogP contribution in [0.3, 0.4) is 0 Å². The lowest BCUT2D eigenvalue weighted by Crippen LogP contribution is -2.20. The maximum atomic E-state index is 6.24. The van der Waals surface area contributed by atoms with E-state index in [1.165, 1.54) is 0 Å². The zero-order valence-corrected chi connectivity index (χ0v) is 12.3. The van der Waals surface area contributed by atoms with Gasteiger partial charge < -0.3 is 15.2 Å². The highest BCUT2D eigenvalue weighted by Crippen LogP contribution is 2.30. The van der Waals surface area contributed by atoms with Crippen LogP contribution in [0.15, 0.2) is 30.7 Å². The van der Waals surface area contributed by atoms with Crippen molar-refractivity contribution in [3.63, 3.8) is 0 Å². The number of hydrogen-bond acceptors (Lipinski definition) is 4. The average molecular weight is 275 g/mol. The third-order valence-corrected chi connectivity index (χ3v) is 3.37. The third kappa shape index (κ3) is 2.63. The van der Waals surface area contributed by atoms with Gasteiger partial charge in [-0.1, -0.05) is 13.8 Å². The molecule has 5 nitrogen and oxygen atoms in total. The van der Waals surface area contributed by atoms with Crippen molar-refractivity contribution in [1.82, 2.24) is 9.55 Å². The largest absolute Gasteiger partial charge is 0.497 e. The summed E-state index contributed by atoms with van der Waals surface area (Å²) in [5.74, 6) is 1.80. The minimum absolute atomic E-state index is 0.0793. The highest BCUT2D eigenvalue weighted by molar-refractivity contribution is 5.51. The van der Waals surface area contributed by atoms with Gasteiger partial charge in [0.2, 0.25) is 0 Å². The third-order valence-electron chi connectivity index (χ3n) is 3.37. The molecule has 1 aromatic carbocycles. The number of rotatable bonds is 5. The van der Waals surface area contributed by atoms with Crippen molar-refractivity contribution in [2.24, 2.45) is 11.7 Å². The van der Waals surface area contributed by atoms with E-state index in [0.717, 1.165) is 22.9 Å². The maximum absolute atomic E-state index is 6.24. The molecule has 0 saturated carbocycles. The Morgan fingerprint density at radius 2 is 1.95 bits per heavy atom. The lowest BCUT2D eigenvalue weighted by molar-refractivity contribution is 0.392. The first-order valence-electron chi connectivity index (χ1n) is 6.58. The lowest BCUT2D eigenvalue weighted by atomic mass is 10.0. The van der Waals surface area contributed by atoms with Crippen molar-refractivity contribution >= 4 is 0 Å². The summed E-state index contributed by atoms with van der Waals surface area (Å²) >= 11 is 0. The molecule has 1 aromatic heterocycles. The molecule has 2 rings (SSSR count). The number of benzene rings is 1. The van der Waals surface area contributed by atoms with Crippen LogP contribution in [0.25, 0.3) is 5.69 Å². The van der Waals surface area contributed by atoms with Crippen LogP contribution >= 0.6 is 0 Å². The molecule has 0 spiro atoms. The number of ether oxygens (including phenoxy) is 2. The SMILES string of the molecule is COc1ccc(-n2cncc2C(N)C(C)C)c(OC)c1. The first kappa shape index (κ1) is 14.4. The Bertz CT molecular complexity index is 578. The highest BCUT2D eigenvalue weighted by atomic mass is 16.5. The maximum Gasteiger partial charge on any atom is 0.146 e. The van der Waals surface area contributed by atoms with E-state index in [1.807, 2.05) is 22.8 Å². The highest BCUT2D eigenvalue weighted by Gasteiger charge is 2.18. The van der Waals surface area contributed by atoms with Crippen LogP contribution in [-0.4, -0.2) is 23.8 Å². The monoisotopic (exact) mass is 275 g/mol. The fraction of sp³-hybridized carbons (Fsp3) is 0.400. The Morgan fingerprint density at radius 3 is 2.55 bits per heavy atom. The Hall–Kier alpha value is -2.01. The molecule has 5 heteroatoms. The van der Waals surface area contributed by atoms with Crippen LogP contribution in [0.1, 0.15) is 25.6 Å². The second kappa shape index (κ2) is 5.96. The van der Waals surface area contributed by atoms with Gasteiger partial charge in [0.25, 0.3) is 0 Å². The summed E-state index contributed by atoms with van der Waals surface area (Å²) in [6, 6.07) is 5.60. The topological polar surface area (TPSA) is 62.3 Å². The second-order valence-electron chi connectivity index (χ2n) is 5.00. The van der Waals surface area contributed by atoms with Gasteiger partial charge >= 0.3 is 0 Å². The molecular formula is C15H21N3O2. The average Bonchev–Trinajstić information content (AvgIpc) is 2.94. The molecule has 0 aliphatic heterocycles. The van der Waals surface area contributed by atoms with Crippen LogP contribution in [0.5, 0.6) is 11.5 Å². The Labute approximate surface area is 119 Å². The first-order valence-corrected chi connectivity index (χ1v) is 6.58. The van der Waals surface area contributed by atoms with Crippen LogP contribution < -0.4 is 15.2 Å². The fourth-order valence-corrected chi connectivity index (χ4v) is 2.08.